The van der Waals surface area contributed by atoms with Crippen molar-refractivity contribution in [3.63, 3.8) is 0 Å². The third-order valence-corrected chi connectivity index (χ3v) is 2.67. The molecule has 1 aliphatic rings. The van der Waals surface area contributed by atoms with E-state index in [1.54, 1.807) is 0 Å². The molecule has 1 heteroatoms. The molecule has 0 aromatic rings. The molecular formula is C11H19N. The molecular weight excluding hydrogens is 146 g/mol. The molecule has 68 valence electrons. The summed E-state index contributed by atoms with van der Waals surface area (Å²) in [4.78, 5) is 0. The van der Waals surface area contributed by atoms with E-state index in [4.69, 9.17) is 5.73 Å². The first-order valence-electron chi connectivity index (χ1n) is 4.80. The van der Waals surface area contributed by atoms with Gasteiger partial charge in [0.2, 0.25) is 0 Å². The van der Waals surface area contributed by atoms with Crippen molar-refractivity contribution in [3.8, 4) is 0 Å². The monoisotopic (exact) mass is 165 g/mol. The third-order valence-electron chi connectivity index (χ3n) is 2.67. The van der Waals surface area contributed by atoms with Crippen LogP contribution in [0.2, 0.25) is 0 Å². The topological polar surface area (TPSA) is 26.0 Å². The summed E-state index contributed by atoms with van der Waals surface area (Å²) >= 11 is 0. The van der Waals surface area contributed by atoms with E-state index < -0.39 is 0 Å². The highest BCUT2D eigenvalue weighted by Crippen LogP contribution is 2.25. The third kappa shape index (κ3) is 1.98. The Hall–Kier alpha value is -0.560. The second-order valence-corrected chi connectivity index (χ2v) is 3.75. The fourth-order valence-electron chi connectivity index (χ4n) is 1.65. The minimum atomic E-state index is 0.183. The molecule has 0 fully saturated rings. The van der Waals surface area contributed by atoms with E-state index in [1.807, 2.05) is 6.92 Å². The Morgan fingerprint density at radius 3 is 2.75 bits per heavy atom. The Balaban J connectivity index is 2.73. The van der Waals surface area contributed by atoms with Crippen molar-refractivity contribution in [2.75, 3.05) is 0 Å². The van der Waals surface area contributed by atoms with E-state index in [1.165, 1.54) is 12.0 Å². The van der Waals surface area contributed by atoms with Crippen molar-refractivity contribution < 1.29 is 0 Å². The average Bonchev–Trinajstić information content (AvgIpc) is 2.05. The van der Waals surface area contributed by atoms with Crippen molar-refractivity contribution in [2.24, 2.45) is 17.6 Å². The van der Waals surface area contributed by atoms with Crippen LogP contribution in [0.5, 0.6) is 0 Å². The Morgan fingerprint density at radius 2 is 2.25 bits per heavy atom. The first-order chi connectivity index (χ1) is 5.65. The molecule has 0 saturated carbocycles. The van der Waals surface area contributed by atoms with Crippen molar-refractivity contribution in [1.29, 1.82) is 0 Å². The summed E-state index contributed by atoms with van der Waals surface area (Å²) in [5.74, 6) is 1.37. The fourth-order valence-corrected chi connectivity index (χ4v) is 1.65. The van der Waals surface area contributed by atoms with Gasteiger partial charge in [-0.1, -0.05) is 32.1 Å². The van der Waals surface area contributed by atoms with Crippen LogP contribution in [-0.4, -0.2) is 6.04 Å². The highest BCUT2D eigenvalue weighted by Gasteiger charge is 2.15. The summed E-state index contributed by atoms with van der Waals surface area (Å²) in [5.41, 5.74) is 7.10. The Morgan fingerprint density at radius 1 is 1.58 bits per heavy atom. The molecule has 3 unspecified atom stereocenters. The van der Waals surface area contributed by atoms with Gasteiger partial charge in [0, 0.05) is 6.04 Å². The highest BCUT2D eigenvalue weighted by atomic mass is 14.6. The van der Waals surface area contributed by atoms with Crippen molar-refractivity contribution in [1.82, 2.24) is 0 Å². The molecule has 1 rings (SSSR count). The van der Waals surface area contributed by atoms with Crippen LogP contribution in [0.25, 0.3) is 0 Å². The van der Waals surface area contributed by atoms with Gasteiger partial charge >= 0.3 is 0 Å². The van der Waals surface area contributed by atoms with Gasteiger partial charge in [-0.25, -0.2) is 0 Å². The molecule has 0 aromatic heterocycles. The summed E-state index contributed by atoms with van der Waals surface area (Å²) in [6.45, 7) is 6.54. The maximum atomic E-state index is 5.81. The van der Waals surface area contributed by atoms with E-state index in [9.17, 15) is 0 Å². The van der Waals surface area contributed by atoms with Crippen LogP contribution in [-0.2, 0) is 0 Å². The van der Waals surface area contributed by atoms with E-state index >= 15 is 0 Å². The quantitative estimate of drug-likeness (QED) is 0.668. The Bertz CT molecular complexity index is 201. The first kappa shape index (κ1) is 9.53. The van der Waals surface area contributed by atoms with Gasteiger partial charge in [-0.15, -0.1) is 0 Å². The van der Waals surface area contributed by atoms with E-state index in [0.717, 1.165) is 0 Å². The van der Waals surface area contributed by atoms with Crippen molar-refractivity contribution in [2.45, 2.75) is 33.2 Å². The lowest BCUT2D eigenvalue weighted by atomic mass is 9.84. The van der Waals surface area contributed by atoms with Gasteiger partial charge in [0.05, 0.1) is 0 Å². The zero-order valence-electron chi connectivity index (χ0n) is 8.25. The van der Waals surface area contributed by atoms with Crippen LogP contribution in [0.3, 0.4) is 0 Å². The minimum Gasteiger partial charge on any atom is -0.324 e. The Labute approximate surface area is 75.3 Å². The molecule has 0 radical (unpaired) electrons. The van der Waals surface area contributed by atoms with Gasteiger partial charge < -0.3 is 5.73 Å². The molecule has 0 amide bonds. The van der Waals surface area contributed by atoms with Crippen molar-refractivity contribution >= 4 is 0 Å². The number of hydrogen-bond acceptors (Lipinski definition) is 1. The summed E-state index contributed by atoms with van der Waals surface area (Å²) in [7, 11) is 0. The number of rotatable bonds is 2. The minimum absolute atomic E-state index is 0.183. The maximum absolute atomic E-state index is 5.81. The molecule has 2 N–H and O–H groups in total. The largest absolute Gasteiger partial charge is 0.324 e. The summed E-state index contributed by atoms with van der Waals surface area (Å²) in [6.07, 6.45) is 7.98. The molecule has 0 spiro atoms. The van der Waals surface area contributed by atoms with Gasteiger partial charge in [0.15, 0.2) is 0 Å². The second-order valence-electron chi connectivity index (χ2n) is 3.75. The summed E-state index contributed by atoms with van der Waals surface area (Å²) in [5, 5.41) is 0. The predicted molar refractivity (Wildman–Crippen MR) is 53.8 cm³/mol. The number of nitrogens with two attached hydrogens (primary N) is 1. The Kier molecular flexibility index (Phi) is 3.10. The van der Waals surface area contributed by atoms with Gasteiger partial charge in [-0.05, 0) is 30.8 Å². The zero-order valence-corrected chi connectivity index (χ0v) is 8.25. The molecule has 12 heavy (non-hydrogen) atoms. The lowest BCUT2D eigenvalue weighted by molar-refractivity contribution is 0.485. The van der Waals surface area contributed by atoms with E-state index in [0.29, 0.717) is 11.8 Å². The van der Waals surface area contributed by atoms with E-state index in [2.05, 4.69) is 32.1 Å². The van der Waals surface area contributed by atoms with Gasteiger partial charge in [0.25, 0.3) is 0 Å². The van der Waals surface area contributed by atoms with Crippen LogP contribution in [0, 0.1) is 11.8 Å². The van der Waals surface area contributed by atoms with Crippen LogP contribution in [0.4, 0.5) is 0 Å². The smallest absolute Gasteiger partial charge is 0.0262 e. The molecule has 3 atom stereocenters. The van der Waals surface area contributed by atoms with Crippen LogP contribution >= 0.6 is 0 Å². The molecule has 0 bridgehead atoms. The normalized spacial score (nSPS) is 31.5. The van der Waals surface area contributed by atoms with Gasteiger partial charge in [0.1, 0.15) is 0 Å². The number of allylic oxidation sites excluding steroid dienone is 2. The summed E-state index contributed by atoms with van der Waals surface area (Å²) in [6, 6.07) is 0.183. The predicted octanol–water partition coefficient (Wildman–Crippen LogP) is 2.49. The van der Waals surface area contributed by atoms with Crippen LogP contribution in [0.1, 0.15) is 27.2 Å². The molecule has 0 aliphatic heterocycles. The molecule has 1 aliphatic carbocycles. The van der Waals surface area contributed by atoms with Crippen LogP contribution in [0.15, 0.2) is 23.8 Å². The first-order valence-corrected chi connectivity index (χ1v) is 4.80. The van der Waals surface area contributed by atoms with E-state index in [-0.39, 0.29) is 6.04 Å². The standard InChI is InChI=1S/C11H19N/c1-4-10-7-11(9(3)12)6-5-8(10)2/h5-10H,4,12H2,1-3H3. The summed E-state index contributed by atoms with van der Waals surface area (Å²) < 4.78 is 0. The van der Waals surface area contributed by atoms with Crippen molar-refractivity contribution in [3.05, 3.63) is 23.8 Å². The molecule has 0 heterocycles. The SMILES string of the molecule is CCC1C=C(C(C)N)C=CC1C. The molecule has 0 saturated heterocycles. The maximum Gasteiger partial charge on any atom is 0.0262 e. The lowest BCUT2D eigenvalue weighted by Crippen LogP contribution is -2.21. The highest BCUT2D eigenvalue weighted by molar-refractivity contribution is 5.28. The van der Waals surface area contributed by atoms with Gasteiger partial charge in [-0.2, -0.15) is 0 Å². The second kappa shape index (κ2) is 3.90. The average molecular weight is 165 g/mol. The molecule has 0 aromatic carbocycles. The number of hydrogen-bond donors (Lipinski definition) is 1. The zero-order chi connectivity index (χ0) is 9.14. The van der Waals surface area contributed by atoms with Gasteiger partial charge in [-0.3, -0.25) is 0 Å². The molecule has 1 nitrogen and oxygen atoms in total. The fraction of sp³-hybridized carbons (Fsp3) is 0.636. The van der Waals surface area contributed by atoms with Crippen LogP contribution < -0.4 is 5.73 Å². The lowest BCUT2D eigenvalue weighted by Gasteiger charge is -2.23.